The SMILES string of the molecule is CC1(C)O[C@@H]2[C@@H](ON=[N+]=[N-])O[C@@H](CO)[C@@H]2O1. The number of hydrogen-bond acceptors (Lipinski definition) is 6. The van der Waals surface area contributed by atoms with Gasteiger partial charge in [-0.05, 0) is 19.4 Å². The summed E-state index contributed by atoms with van der Waals surface area (Å²) in [7, 11) is 0. The van der Waals surface area contributed by atoms with Crippen molar-refractivity contribution >= 4 is 0 Å². The van der Waals surface area contributed by atoms with Gasteiger partial charge in [-0.3, -0.25) is 0 Å². The van der Waals surface area contributed by atoms with E-state index in [1.54, 1.807) is 13.8 Å². The Hall–Kier alpha value is -1.05. The Kier molecular flexibility index (Phi) is 2.92. The van der Waals surface area contributed by atoms with Gasteiger partial charge in [-0.1, -0.05) is 0 Å². The standard InChI is InChI=1S/C8H13N3O5/c1-8(2)14-5-4(3-12)13-7(6(5)15-8)16-11-10-9/h4-7,12H,3H2,1-2H3/t4-,5-,6-,7+/m0/s1. The molecule has 2 aliphatic heterocycles. The minimum atomic E-state index is -0.847. The zero-order chi connectivity index (χ0) is 11.8. The average molecular weight is 231 g/mol. The Morgan fingerprint density at radius 3 is 2.75 bits per heavy atom. The van der Waals surface area contributed by atoms with Crippen LogP contribution in [0.3, 0.4) is 0 Å². The molecule has 8 nitrogen and oxygen atoms in total. The number of azide groups is 1. The molecule has 0 aliphatic carbocycles. The van der Waals surface area contributed by atoms with Crippen LogP contribution in [0.15, 0.2) is 5.28 Å². The van der Waals surface area contributed by atoms with E-state index in [0.717, 1.165) is 0 Å². The maximum Gasteiger partial charge on any atom is 0.238 e. The van der Waals surface area contributed by atoms with Gasteiger partial charge < -0.3 is 24.2 Å². The van der Waals surface area contributed by atoms with Gasteiger partial charge in [-0.25, -0.2) is 0 Å². The highest BCUT2D eigenvalue weighted by atomic mass is 16.8. The highest BCUT2D eigenvalue weighted by molar-refractivity contribution is 4.94. The Bertz CT molecular complexity index is 317. The summed E-state index contributed by atoms with van der Waals surface area (Å²) in [5.74, 6) is -0.759. The van der Waals surface area contributed by atoms with Crippen LogP contribution in [0.25, 0.3) is 10.4 Å². The van der Waals surface area contributed by atoms with Gasteiger partial charge in [0, 0.05) is 4.91 Å². The first kappa shape index (κ1) is 11.4. The lowest BCUT2D eigenvalue weighted by molar-refractivity contribution is -0.237. The molecule has 2 fully saturated rings. The number of rotatable bonds is 3. The van der Waals surface area contributed by atoms with Crippen molar-refractivity contribution in [2.75, 3.05) is 6.61 Å². The van der Waals surface area contributed by atoms with Crippen molar-refractivity contribution in [2.24, 2.45) is 5.28 Å². The van der Waals surface area contributed by atoms with Gasteiger partial charge in [-0.15, -0.1) is 0 Å². The number of nitrogens with zero attached hydrogens (tertiary/aromatic N) is 3. The zero-order valence-corrected chi connectivity index (χ0v) is 8.94. The first-order valence-corrected chi connectivity index (χ1v) is 4.89. The second-order valence-electron chi connectivity index (χ2n) is 4.07. The summed E-state index contributed by atoms with van der Waals surface area (Å²) in [5, 5.41) is 12.1. The van der Waals surface area contributed by atoms with E-state index >= 15 is 0 Å². The predicted octanol–water partition coefficient (Wildman–Crippen LogP) is 0.466. The van der Waals surface area contributed by atoms with Crippen molar-refractivity contribution in [1.29, 1.82) is 0 Å². The molecule has 0 saturated carbocycles. The monoisotopic (exact) mass is 231 g/mol. The van der Waals surface area contributed by atoms with Crippen LogP contribution in [0.1, 0.15) is 13.8 Å². The third-order valence-corrected chi connectivity index (χ3v) is 2.47. The molecule has 0 aromatic rings. The Labute approximate surface area is 91.6 Å². The van der Waals surface area contributed by atoms with Crippen LogP contribution < -0.4 is 0 Å². The molecule has 0 unspecified atom stereocenters. The van der Waals surface area contributed by atoms with Crippen LogP contribution in [0, 0.1) is 0 Å². The molecule has 0 spiro atoms. The molecule has 4 atom stereocenters. The first-order chi connectivity index (χ1) is 7.57. The molecule has 2 aliphatic rings. The molecule has 2 rings (SSSR count). The molecule has 1 N–H and O–H groups in total. The molecule has 2 saturated heterocycles. The highest BCUT2D eigenvalue weighted by Crippen LogP contribution is 2.38. The fraction of sp³-hybridized carbons (Fsp3) is 1.00. The molecular weight excluding hydrogens is 218 g/mol. The van der Waals surface area contributed by atoms with E-state index < -0.39 is 30.4 Å². The van der Waals surface area contributed by atoms with Crippen LogP contribution in [0.4, 0.5) is 0 Å². The third kappa shape index (κ3) is 1.93. The largest absolute Gasteiger partial charge is 0.400 e. The van der Waals surface area contributed by atoms with Crippen molar-refractivity contribution in [3.05, 3.63) is 10.4 Å². The van der Waals surface area contributed by atoms with Gasteiger partial charge in [0.05, 0.1) is 6.61 Å². The lowest BCUT2D eigenvalue weighted by Gasteiger charge is -2.22. The topological polar surface area (TPSA) is 106 Å². The summed E-state index contributed by atoms with van der Waals surface area (Å²) in [4.78, 5) is 7.23. The highest BCUT2D eigenvalue weighted by Gasteiger charge is 2.56. The van der Waals surface area contributed by atoms with E-state index in [0.29, 0.717) is 0 Å². The van der Waals surface area contributed by atoms with Gasteiger partial charge in [0.2, 0.25) is 6.29 Å². The summed E-state index contributed by atoms with van der Waals surface area (Å²) in [6.07, 6.45) is -2.30. The predicted molar refractivity (Wildman–Crippen MR) is 49.8 cm³/mol. The summed E-state index contributed by atoms with van der Waals surface area (Å²) in [6, 6.07) is 0. The van der Waals surface area contributed by atoms with Crippen LogP contribution >= 0.6 is 0 Å². The van der Waals surface area contributed by atoms with Crippen molar-refractivity contribution < 1.29 is 24.2 Å². The lowest BCUT2D eigenvalue weighted by Crippen LogP contribution is -2.31. The molecule has 0 radical (unpaired) electrons. The average Bonchev–Trinajstić information content (AvgIpc) is 2.69. The molecular formula is C8H13N3O5. The number of fused-ring (bicyclic) bond motifs is 1. The maximum atomic E-state index is 9.11. The second-order valence-corrected chi connectivity index (χ2v) is 4.07. The fourth-order valence-corrected chi connectivity index (χ4v) is 1.94. The van der Waals surface area contributed by atoms with E-state index in [1.165, 1.54) is 0 Å². The smallest absolute Gasteiger partial charge is 0.238 e. The Balaban J connectivity index is 2.10. The molecule has 0 amide bonds. The molecule has 2 heterocycles. The molecule has 0 aromatic heterocycles. The van der Waals surface area contributed by atoms with Gasteiger partial charge in [0.15, 0.2) is 11.9 Å². The van der Waals surface area contributed by atoms with Crippen molar-refractivity contribution in [1.82, 2.24) is 0 Å². The van der Waals surface area contributed by atoms with Gasteiger partial charge >= 0.3 is 0 Å². The van der Waals surface area contributed by atoms with Gasteiger partial charge in [0.25, 0.3) is 0 Å². The Morgan fingerprint density at radius 1 is 1.44 bits per heavy atom. The van der Waals surface area contributed by atoms with Crippen molar-refractivity contribution in [3.8, 4) is 0 Å². The molecule has 0 bridgehead atoms. The minimum Gasteiger partial charge on any atom is -0.400 e. The molecule has 16 heavy (non-hydrogen) atoms. The molecule has 8 heteroatoms. The van der Waals surface area contributed by atoms with Crippen molar-refractivity contribution in [2.45, 2.75) is 44.2 Å². The van der Waals surface area contributed by atoms with E-state index in [9.17, 15) is 0 Å². The summed E-state index contributed by atoms with van der Waals surface area (Å²) in [5.41, 5.74) is 8.15. The Morgan fingerprint density at radius 2 is 2.12 bits per heavy atom. The summed E-state index contributed by atoms with van der Waals surface area (Å²) < 4.78 is 16.4. The number of aliphatic hydroxyl groups is 1. The van der Waals surface area contributed by atoms with E-state index in [-0.39, 0.29) is 6.61 Å². The first-order valence-electron chi connectivity index (χ1n) is 4.89. The lowest BCUT2D eigenvalue weighted by atomic mass is 10.1. The summed E-state index contributed by atoms with van der Waals surface area (Å²) >= 11 is 0. The van der Waals surface area contributed by atoms with Gasteiger partial charge in [-0.2, -0.15) is 0 Å². The number of aliphatic hydroxyl groups excluding tert-OH is 1. The number of ether oxygens (including phenoxy) is 3. The fourth-order valence-electron chi connectivity index (χ4n) is 1.94. The third-order valence-electron chi connectivity index (χ3n) is 2.47. The van der Waals surface area contributed by atoms with E-state index in [1.807, 2.05) is 0 Å². The summed E-state index contributed by atoms with van der Waals surface area (Å²) in [6.45, 7) is 3.30. The van der Waals surface area contributed by atoms with Crippen LogP contribution in [0.5, 0.6) is 0 Å². The maximum absolute atomic E-state index is 9.11. The van der Waals surface area contributed by atoms with Crippen molar-refractivity contribution in [3.63, 3.8) is 0 Å². The minimum absolute atomic E-state index is 0.212. The van der Waals surface area contributed by atoms with E-state index in [4.69, 9.17) is 29.7 Å². The zero-order valence-electron chi connectivity index (χ0n) is 8.94. The van der Waals surface area contributed by atoms with Gasteiger partial charge in [0.1, 0.15) is 17.5 Å². The normalized spacial score (nSPS) is 40.2. The van der Waals surface area contributed by atoms with Crippen LogP contribution in [-0.2, 0) is 19.0 Å². The quantitative estimate of drug-likeness (QED) is 0.329. The second kappa shape index (κ2) is 4.08. The molecule has 90 valence electrons. The van der Waals surface area contributed by atoms with Crippen LogP contribution in [-0.4, -0.2) is 42.1 Å². The van der Waals surface area contributed by atoms with E-state index in [2.05, 4.69) is 10.2 Å². The number of hydrogen-bond donors (Lipinski definition) is 1. The van der Waals surface area contributed by atoms with Crippen LogP contribution in [0.2, 0.25) is 0 Å². The molecule has 0 aromatic carbocycles.